The standard InChI is InChI=1S/C20H19F3N4O3/c1-19(2,3)30-17(28)11-27-10-12-9-13(7-8-14(12)26-27)24-18(29)15-5-4-6-16(25-15)20(21,22)23/h4-10H,11H2,1-3H3,(H,24,29). The lowest BCUT2D eigenvalue weighted by atomic mass is 10.2. The largest absolute Gasteiger partial charge is 0.459 e. The molecule has 0 saturated heterocycles. The highest BCUT2D eigenvalue weighted by atomic mass is 19.4. The van der Waals surface area contributed by atoms with Gasteiger partial charge in [-0.3, -0.25) is 14.3 Å². The molecule has 0 spiro atoms. The number of benzene rings is 1. The molecule has 0 saturated carbocycles. The number of esters is 1. The van der Waals surface area contributed by atoms with Crippen LogP contribution in [0, 0.1) is 0 Å². The van der Waals surface area contributed by atoms with Crippen molar-refractivity contribution in [3.8, 4) is 0 Å². The fourth-order valence-corrected chi connectivity index (χ4v) is 2.66. The number of alkyl halides is 3. The Bertz CT molecular complexity index is 1100. The van der Waals surface area contributed by atoms with Crippen LogP contribution in [0.5, 0.6) is 0 Å². The molecule has 1 N–H and O–H groups in total. The van der Waals surface area contributed by atoms with Gasteiger partial charge in [0.15, 0.2) is 0 Å². The van der Waals surface area contributed by atoms with Gasteiger partial charge < -0.3 is 10.1 Å². The van der Waals surface area contributed by atoms with E-state index < -0.39 is 29.3 Å². The van der Waals surface area contributed by atoms with E-state index in [4.69, 9.17) is 4.74 Å². The molecular formula is C20H19F3N4O3. The quantitative estimate of drug-likeness (QED) is 0.644. The molecule has 0 atom stereocenters. The van der Waals surface area contributed by atoms with Crippen LogP contribution in [0.15, 0.2) is 42.6 Å². The number of aromatic nitrogens is 3. The fraction of sp³-hybridized carbons (Fsp3) is 0.300. The molecule has 0 aliphatic rings. The van der Waals surface area contributed by atoms with Crippen LogP contribution in [0.4, 0.5) is 18.9 Å². The van der Waals surface area contributed by atoms with Gasteiger partial charge in [-0.2, -0.15) is 18.3 Å². The number of hydrogen-bond acceptors (Lipinski definition) is 5. The lowest BCUT2D eigenvalue weighted by Gasteiger charge is -2.19. The Morgan fingerprint density at radius 1 is 1.13 bits per heavy atom. The predicted octanol–water partition coefficient (Wildman–Crippen LogP) is 4.04. The number of nitrogens with zero attached hydrogens (tertiary/aromatic N) is 3. The zero-order chi connectivity index (χ0) is 22.1. The van der Waals surface area contributed by atoms with Crippen molar-refractivity contribution in [2.45, 2.75) is 39.1 Å². The van der Waals surface area contributed by atoms with E-state index in [1.165, 1.54) is 10.7 Å². The first-order valence-electron chi connectivity index (χ1n) is 8.95. The molecule has 3 aromatic rings. The van der Waals surface area contributed by atoms with Gasteiger partial charge in [0.1, 0.15) is 23.5 Å². The lowest BCUT2D eigenvalue weighted by Crippen LogP contribution is -2.26. The van der Waals surface area contributed by atoms with E-state index in [2.05, 4.69) is 15.4 Å². The van der Waals surface area contributed by atoms with Crippen LogP contribution in [0.2, 0.25) is 0 Å². The third kappa shape index (κ3) is 5.34. The Balaban J connectivity index is 1.75. The first-order valence-corrected chi connectivity index (χ1v) is 8.95. The normalized spacial score (nSPS) is 12.1. The summed E-state index contributed by atoms with van der Waals surface area (Å²) >= 11 is 0. The summed E-state index contributed by atoms with van der Waals surface area (Å²) in [7, 11) is 0. The molecule has 3 rings (SSSR count). The minimum Gasteiger partial charge on any atom is -0.459 e. The summed E-state index contributed by atoms with van der Waals surface area (Å²) in [5, 5.41) is 7.41. The monoisotopic (exact) mass is 420 g/mol. The number of hydrogen-bond donors (Lipinski definition) is 1. The minimum atomic E-state index is -4.64. The highest BCUT2D eigenvalue weighted by molar-refractivity contribution is 6.03. The molecule has 0 bridgehead atoms. The van der Waals surface area contributed by atoms with Crippen LogP contribution in [-0.4, -0.2) is 32.2 Å². The van der Waals surface area contributed by atoms with E-state index in [1.54, 1.807) is 45.2 Å². The maximum Gasteiger partial charge on any atom is 0.433 e. The Labute approximate surface area is 169 Å². The van der Waals surface area contributed by atoms with E-state index in [9.17, 15) is 22.8 Å². The summed E-state index contributed by atoms with van der Waals surface area (Å²) in [5.41, 5.74) is -1.18. The van der Waals surface area contributed by atoms with Crippen molar-refractivity contribution in [3.05, 3.63) is 54.0 Å². The zero-order valence-corrected chi connectivity index (χ0v) is 16.4. The fourth-order valence-electron chi connectivity index (χ4n) is 2.66. The number of halogens is 3. The van der Waals surface area contributed by atoms with Gasteiger partial charge in [-0.05, 0) is 51.1 Å². The van der Waals surface area contributed by atoms with Gasteiger partial charge in [0.2, 0.25) is 0 Å². The molecule has 2 heterocycles. The Morgan fingerprint density at radius 3 is 2.53 bits per heavy atom. The van der Waals surface area contributed by atoms with Gasteiger partial charge in [-0.15, -0.1) is 0 Å². The van der Waals surface area contributed by atoms with Crippen molar-refractivity contribution in [1.29, 1.82) is 0 Å². The van der Waals surface area contributed by atoms with E-state index >= 15 is 0 Å². The van der Waals surface area contributed by atoms with Crippen LogP contribution in [0.25, 0.3) is 10.9 Å². The first kappa shape index (κ1) is 21.3. The molecule has 1 aromatic carbocycles. The summed E-state index contributed by atoms with van der Waals surface area (Å²) in [6.07, 6.45) is -3.03. The molecule has 0 aliphatic carbocycles. The second-order valence-electron chi connectivity index (χ2n) is 7.55. The molecule has 0 unspecified atom stereocenters. The van der Waals surface area contributed by atoms with Gasteiger partial charge in [-0.1, -0.05) is 6.07 Å². The van der Waals surface area contributed by atoms with E-state index in [0.717, 1.165) is 12.1 Å². The second-order valence-corrected chi connectivity index (χ2v) is 7.55. The Hall–Kier alpha value is -3.43. The van der Waals surface area contributed by atoms with Crippen LogP contribution >= 0.6 is 0 Å². The highest BCUT2D eigenvalue weighted by Crippen LogP contribution is 2.27. The molecule has 2 aromatic heterocycles. The number of amides is 1. The number of carbonyl (C=O) groups is 2. The van der Waals surface area contributed by atoms with Gasteiger partial charge in [0.05, 0.1) is 5.52 Å². The molecule has 0 radical (unpaired) electrons. The number of carbonyl (C=O) groups excluding carboxylic acids is 2. The Morgan fingerprint density at radius 2 is 1.87 bits per heavy atom. The maximum atomic E-state index is 12.8. The highest BCUT2D eigenvalue weighted by Gasteiger charge is 2.33. The Kier molecular flexibility index (Phi) is 5.51. The summed E-state index contributed by atoms with van der Waals surface area (Å²) < 4.78 is 45.0. The van der Waals surface area contributed by atoms with Crippen molar-refractivity contribution in [2.24, 2.45) is 0 Å². The topological polar surface area (TPSA) is 86.1 Å². The molecule has 30 heavy (non-hydrogen) atoms. The lowest BCUT2D eigenvalue weighted by molar-refractivity contribution is -0.155. The molecule has 158 valence electrons. The molecule has 7 nitrogen and oxygen atoms in total. The molecule has 0 fully saturated rings. The van der Waals surface area contributed by atoms with Crippen molar-refractivity contribution in [2.75, 3.05) is 5.32 Å². The minimum absolute atomic E-state index is 0.0816. The number of fused-ring (bicyclic) bond motifs is 1. The summed E-state index contributed by atoms with van der Waals surface area (Å²) in [6, 6.07) is 7.88. The number of anilines is 1. The summed E-state index contributed by atoms with van der Waals surface area (Å²) in [5.74, 6) is -1.22. The average molecular weight is 420 g/mol. The number of pyridine rings is 1. The van der Waals surface area contributed by atoms with Crippen LogP contribution < -0.4 is 5.32 Å². The maximum absolute atomic E-state index is 12.8. The van der Waals surface area contributed by atoms with Crippen molar-refractivity contribution < 1.29 is 27.5 Å². The van der Waals surface area contributed by atoms with Gasteiger partial charge >= 0.3 is 12.1 Å². The summed E-state index contributed by atoms with van der Waals surface area (Å²) in [6.45, 7) is 5.21. The number of nitrogens with one attached hydrogen (secondary N) is 1. The third-order valence-electron chi connectivity index (χ3n) is 3.79. The SMILES string of the molecule is CC(C)(C)OC(=O)Cn1cc2cc(NC(=O)c3cccc(C(F)(F)F)n3)ccc2n1. The van der Waals surface area contributed by atoms with Crippen LogP contribution in [0.3, 0.4) is 0 Å². The number of ether oxygens (including phenoxy) is 1. The molecule has 10 heteroatoms. The predicted molar refractivity (Wildman–Crippen MR) is 103 cm³/mol. The van der Waals surface area contributed by atoms with E-state index in [0.29, 0.717) is 16.6 Å². The van der Waals surface area contributed by atoms with E-state index in [1.807, 2.05) is 0 Å². The van der Waals surface area contributed by atoms with Crippen molar-refractivity contribution in [3.63, 3.8) is 0 Å². The molecular weight excluding hydrogens is 401 g/mol. The molecule has 0 aliphatic heterocycles. The van der Waals surface area contributed by atoms with Crippen LogP contribution in [0.1, 0.15) is 37.0 Å². The number of rotatable bonds is 4. The van der Waals surface area contributed by atoms with Crippen LogP contribution in [-0.2, 0) is 22.3 Å². The average Bonchev–Trinajstić information content (AvgIpc) is 3.00. The van der Waals surface area contributed by atoms with E-state index in [-0.39, 0.29) is 12.2 Å². The first-order chi connectivity index (χ1) is 13.9. The third-order valence-corrected chi connectivity index (χ3v) is 3.79. The second kappa shape index (κ2) is 7.77. The van der Waals surface area contributed by atoms with Crippen molar-refractivity contribution >= 4 is 28.5 Å². The van der Waals surface area contributed by atoms with Gasteiger partial charge in [0, 0.05) is 17.3 Å². The zero-order valence-electron chi connectivity index (χ0n) is 16.4. The molecule has 1 amide bonds. The summed E-state index contributed by atoms with van der Waals surface area (Å²) in [4.78, 5) is 27.6. The van der Waals surface area contributed by atoms with Crippen molar-refractivity contribution in [1.82, 2.24) is 14.8 Å². The van der Waals surface area contributed by atoms with Gasteiger partial charge in [0.25, 0.3) is 5.91 Å². The smallest absolute Gasteiger partial charge is 0.433 e. The van der Waals surface area contributed by atoms with Gasteiger partial charge in [-0.25, -0.2) is 4.98 Å².